The van der Waals surface area contributed by atoms with Gasteiger partial charge in [-0.2, -0.15) is 13.2 Å². The highest BCUT2D eigenvalue weighted by molar-refractivity contribution is 6.00. The van der Waals surface area contributed by atoms with Crippen LogP contribution >= 0.6 is 0 Å². The zero-order valence-electron chi connectivity index (χ0n) is 14.5. The van der Waals surface area contributed by atoms with Crippen LogP contribution in [0.2, 0.25) is 0 Å². The van der Waals surface area contributed by atoms with Gasteiger partial charge in [-0.05, 0) is 43.5 Å². The van der Waals surface area contributed by atoms with Gasteiger partial charge in [-0.25, -0.2) is 0 Å². The highest BCUT2D eigenvalue weighted by Gasteiger charge is 2.48. The van der Waals surface area contributed by atoms with Gasteiger partial charge < -0.3 is 14.5 Å². The molecule has 2 aliphatic rings. The number of amides is 2. The molecule has 1 aromatic rings. The molecule has 0 saturated carbocycles. The van der Waals surface area contributed by atoms with Crippen LogP contribution in [0.15, 0.2) is 24.3 Å². The summed E-state index contributed by atoms with van der Waals surface area (Å²) in [5.74, 6) is -0.938. The number of rotatable bonds is 3. The maximum absolute atomic E-state index is 13.2. The summed E-state index contributed by atoms with van der Waals surface area (Å²) in [7, 11) is 1.53. The van der Waals surface area contributed by atoms with E-state index in [0.717, 1.165) is 4.90 Å². The quantitative estimate of drug-likeness (QED) is 0.822. The molecule has 3 rings (SSSR count). The Hall–Kier alpha value is -2.25. The minimum Gasteiger partial charge on any atom is -0.497 e. The summed E-state index contributed by atoms with van der Waals surface area (Å²) in [5, 5.41) is 0. The number of carbonyl (C=O) groups is 2. The number of carbonyl (C=O) groups excluding carboxylic acids is 2. The lowest BCUT2D eigenvalue weighted by Gasteiger charge is -2.38. The zero-order valence-corrected chi connectivity index (χ0v) is 14.5. The van der Waals surface area contributed by atoms with E-state index in [9.17, 15) is 22.8 Å². The van der Waals surface area contributed by atoms with Crippen molar-refractivity contribution in [1.29, 1.82) is 0 Å². The molecule has 2 heterocycles. The van der Waals surface area contributed by atoms with E-state index in [1.165, 1.54) is 12.0 Å². The van der Waals surface area contributed by atoms with Gasteiger partial charge in [-0.1, -0.05) is 0 Å². The van der Waals surface area contributed by atoms with E-state index in [0.29, 0.717) is 24.3 Å². The van der Waals surface area contributed by atoms with Crippen molar-refractivity contribution in [3.8, 4) is 5.75 Å². The molecule has 8 heteroatoms. The van der Waals surface area contributed by atoms with Crippen molar-refractivity contribution in [3.63, 3.8) is 0 Å². The summed E-state index contributed by atoms with van der Waals surface area (Å²) in [6, 6.07) is 5.05. The van der Waals surface area contributed by atoms with Crippen LogP contribution in [-0.4, -0.2) is 49.1 Å². The molecule has 1 aromatic carbocycles. The number of hydrogen-bond donors (Lipinski definition) is 0. The van der Waals surface area contributed by atoms with Crippen molar-refractivity contribution in [2.75, 3.05) is 25.1 Å². The molecule has 142 valence electrons. The maximum atomic E-state index is 13.2. The first-order chi connectivity index (χ1) is 12.3. The van der Waals surface area contributed by atoms with E-state index in [2.05, 4.69) is 0 Å². The minimum absolute atomic E-state index is 0.0636. The molecule has 2 atom stereocenters. The first-order valence-corrected chi connectivity index (χ1v) is 8.63. The summed E-state index contributed by atoms with van der Waals surface area (Å²) in [4.78, 5) is 27.4. The lowest BCUT2D eigenvalue weighted by Crippen LogP contribution is -2.53. The van der Waals surface area contributed by atoms with Crippen molar-refractivity contribution < 1.29 is 27.5 Å². The van der Waals surface area contributed by atoms with Gasteiger partial charge in [0.1, 0.15) is 11.8 Å². The van der Waals surface area contributed by atoms with Crippen LogP contribution in [0.5, 0.6) is 5.75 Å². The number of alkyl halides is 3. The van der Waals surface area contributed by atoms with Gasteiger partial charge in [-0.3, -0.25) is 9.59 Å². The van der Waals surface area contributed by atoms with E-state index >= 15 is 0 Å². The summed E-state index contributed by atoms with van der Waals surface area (Å²) >= 11 is 0. The highest BCUT2D eigenvalue weighted by Crippen LogP contribution is 2.35. The largest absolute Gasteiger partial charge is 0.497 e. The molecule has 2 fully saturated rings. The standard InChI is InChI=1S/C18H21F3N2O3/c1-26-14-7-5-13(6-8-14)23-11-12(10-16(23)24)17(25)22-9-3-2-4-15(22)18(19,20)21/h5-8,12,15H,2-4,9-11H2,1H3. The number of nitrogens with zero attached hydrogens (tertiary/aromatic N) is 2. The topological polar surface area (TPSA) is 49.9 Å². The van der Waals surface area contributed by atoms with Crippen LogP contribution < -0.4 is 9.64 Å². The molecule has 0 aliphatic carbocycles. The number of halogens is 3. The zero-order chi connectivity index (χ0) is 18.9. The molecule has 26 heavy (non-hydrogen) atoms. The molecule has 0 radical (unpaired) electrons. The molecule has 0 N–H and O–H groups in total. The summed E-state index contributed by atoms with van der Waals surface area (Å²) < 4.78 is 44.8. The summed E-state index contributed by atoms with van der Waals surface area (Å²) in [6.45, 7) is 0.196. The third-order valence-electron chi connectivity index (χ3n) is 5.02. The number of ether oxygens (including phenoxy) is 1. The molecule has 2 amide bonds. The molecule has 0 spiro atoms. The Morgan fingerprint density at radius 1 is 1.19 bits per heavy atom. The maximum Gasteiger partial charge on any atom is 0.408 e. The molecule has 0 bridgehead atoms. The molecule has 2 unspecified atom stereocenters. The van der Waals surface area contributed by atoms with Crippen molar-refractivity contribution >= 4 is 17.5 Å². The molecule has 2 saturated heterocycles. The van der Waals surface area contributed by atoms with Gasteiger partial charge >= 0.3 is 6.18 Å². The third-order valence-corrected chi connectivity index (χ3v) is 5.02. The first kappa shape index (κ1) is 18.5. The second-order valence-corrected chi connectivity index (χ2v) is 6.69. The van der Waals surface area contributed by atoms with E-state index in [-0.39, 0.29) is 31.8 Å². The lowest BCUT2D eigenvalue weighted by molar-refractivity contribution is -0.197. The van der Waals surface area contributed by atoms with Crippen molar-refractivity contribution in [2.24, 2.45) is 5.92 Å². The first-order valence-electron chi connectivity index (χ1n) is 8.63. The second kappa shape index (κ2) is 7.17. The van der Waals surface area contributed by atoms with Gasteiger partial charge in [0, 0.05) is 25.2 Å². The molecule has 5 nitrogen and oxygen atoms in total. The van der Waals surface area contributed by atoms with Gasteiger partial charge in [-0.15, -0.1) is 0 Å². The third kappa shape index (κ3) is 3.64. The number of piperidine rings is 1. The van der Waals surface area contributed by atoms with Crippen LogP contribution in [-0.2, 0) is 9.59 Å². The lowest BCUT2D eigenvalue weighted by atomic mass is 9.98. The Labute approximate surface area is 149 Å². The van der Waals surface area contributed by atoms with E-state index in [1.54, 1.807) is 24.3 Å². The van der Waals surface area contributed by atoms with Crippen LogP contribution in [0.4, 0.5) is 18.9 Å². The summed E-state index contributed by atoms with van der Waals surface area (Å²) in [5.41, 5.74) is 0.608. The van der Waals surface area contributed by atoms with Gasteiger partial charge in [0.05, 0.1) is 13.0 Å². The summed E-state index contributed by atoms with van der Waals surface area (Å²) in [6.07, 6.45) is -3.56. The fourth-order valence-electron chi connectivity index (χ4n) is 3.65. The average molecular weight is 370 g/mol. The Bertz CT molecular complexity index is 675. The van der Waals surface area contributed by atoms with Gasteiger partial charge in [0.25, 0.3) is 0 Å². The molecule has 2 aliphatic heterocycles. The Balaban J connectivity index is 1.73. The monoisotopic (exact) mass is 370 g/mol. The molecule has 0 aromatic heterocycles. The number of methoxy groups -OCH3 is 1. The number of hydrogen-bond acceptors (Lipinski definition) is 3. The second-order valence-electron chi connectivity index (χ2n) is 6.69. The fraction of sp³-hybridized carbons (Fsp3) is 0.556. The van der Waals surface area contributed by atoms with Crippen LogP contribution in [0.3, 0.4) is 0 Å². The highest BCUT2D eigenvalue weighted by atomic mass is 19.4. The molecular weight excluding hydrogens is 349 g/mol. The van der Waals surface area contributed by atoms with E-state index in [4.69, 9.17) is 4.74 Å². The molecular formula is C18H21F3N2O3. The van der Waals surface area contributed by atoms with E-state index < -0.39 is 24.0 Å². The van der Waals surface area contributed by atoms with Crippen molar-refractivity contribution in [3.05, 3.63) is 24.3 Å². The van der Waals surface area contributed by atoms with Gasteiger partial charge in [0.15, 0.2) is 0 Å². The van der Waals surface area contributed by atoms with E-state index in [1.807, 2.05) is 0 Å². The Morgan fingerprint density at radius 2 is 1.88 bits per heavy atom. The SMILES string of the molecule is COc1ccc(N2CC(C(=O)N3CCCCC3C(F)(F)F)CC2=O)cc1. The number of benzene rings is 1. The predicted molar refractivity (Wildman–Crippen MR) is 88.9 cm³/mol. The average Bonchev–Trinajstić information content (AvgIpc) is 3.02. The Kier molecular flexibility index (Phi) is 5.11. The number of anilines is 1. The number of likely N-dealkylation sites (tertiary alicyclic amines) is 1. The Morgan fingerprint density at radius 3 is 2.50 bits per heavy atom. The fourth-order valence-corrected chi connectivity index (χ4v) is 3.65. The normalized spacial score (nSPS) is 24.1. The van der Waals surface area contributed by atoms with Crippen molar-refractivity contribution in [2.45, 2.75) is 37.9 Å². The van der Waals surface area contributed by atoms with Crippen LogP contribution in [0.1, 0.15) is 25.7 Å². The predicted octanol–water partition coefficient (Wildman–Crippen LogP) is 2.99. The van der Waals surface area contributed by atoms with Gasteiger partial charge in [0.2, 0.25) is 11.8 Å². The van der Waals surface area contributed by atoms with Crippen LogP contribution in [0, 0.1) is 5.92 Å². The van der Waals surface area contributed by atoms with Crippen LogP contribution in [0.25, 0.3) is 0 Å². The van der Waals surface area contributed by atoms with Crippen molar-refractivity contribution in [1.82, 2.24) is 4.90 Å². The minimum atomic E-state index is -4.44. The smallest absolute Gasteiger partial charge is 0.408 e.